The molecule has 2 fully saturated rings. The molecule has 0 bridgehead atoms. The number of carbonyl (C=O) groups is 3. The SMILES string of the molecule is O=C(c1ccc(Cl)cc1)N1CCC(C(=O)N2CCN(C(=O)c3cccc4ccccc34)CC2)CC1. The van der Waals surface area contributed by atoms with E-state index in [1.807, 2.05) is 57.2 Å². The van der Waals surface area contributed by atoms with Gasteiger partial charge in [0.2, 0.25) is 5.91 Å². The zero-order valence-corrected chi connectivity index (χ0v) is 20.3. The van der Waals surface area contributed by atoms with Crippen molar-refractivity contribution in [1.82, 2.24) is 14.7 Å². The molecule has 2 aliphatic heterocycles. The average Bonchev–Trinajstić information content (AvgIpc) is 2.92. The van der Waals surface area contributed by atoms with E-state index in [-0.39, 0.29) is 23.6 Å². The largest absolute Gasteiger partial charge is 0.339 e. The molecule has 0 aliphatic carbocycles. The van der Waals surface area contributed by atoms with E-state index in [9.17, 15) is 14.4 Å². The van der Waals surface area contributed by atoms with Crippen molar-refractivity contribution in [1.29, 1.82) is 0 Å². The van der Waals surface area contributed by atoms with Crippen LogP contribution in [-0.4, -0.2) is 71.7 Å². The molecule has 0 spiro atoms. The first kappa shape index (κ1) is 23.4. The number of piperazine rings is 1. The molecule has 2 saturated heterocycles. The van der Waals surface area contributed by atoms with Crippen molar-refractivity contribution in [2.24, 2.45) is 5.92 Å². The highest BCUT2D eigenvalue weighted by Crippen LogP contribution is 2.24. The fourth-order valence-electron chi connectivity index (χ4n) is 5.07. The maximum atomic E-state index is 13.2. The van der Waals surface area contributed by atoms with Crippen LogP contribution in [0.3, 0.4) is 0 Å². The first-order valence-electron chi connectivity index (χ1n) is 12.1. The van der Waals surface area contributed by atoms with E-state index < -0.39 is 0 Å². The van der Waals surface area contributed by atoms with E-state index in [0.29, 0.717) is 68.3 Å². The van der Waals surface area contributed by atoms with E-state index in [1.165, 1.54) is 0 Å². The Hall–Kier alpha value is -3.38. The normalized spacial score (nSPS) is 17.0. The minimum Gasteiger partial charge on any atom is -0.339 e. The third-order valence-electron chi connectivity index (χ3n) is 7.12. The Labute approximate surface area is 210 Å². The Balaban J connectivity index is 1.14. The number of carbonyl (C=O) groups excluding carboxylic acids is 3. The zero-order valence-electron chi connectivity index (χ0n) is 19.5. The van der Waals surface area contributed by atoms with Crippen LogP contribution in [-0.2, 0) is 4.79 Å². The van der Waals surface area contributed by atoms with Gasteiger partial charge in [0.1, 0.15) is 0 Å². The Morgan fingerprint density at radius 3 is 1.97 bits per heavy atom. The number of rotatable bonds is 3. The van der Waals surface area contributed by atoms with Gasteiger partial charge in [0.05, 0.1) is 0 Å². The van der Waals surface area contributed by atoms with Gasteiger partial charge >= 0.3 is 0 Å². The predicted molar refractivity (Wildman–Crippen MR) is 137 cm³/mol. The number of likely N-dealkylation sites (tertiary alicyclic amines) is 1. The van der Waals surface area contributed by atoms with Gasteiger partial charge in [-0.15, -0.1) is 0 Å². The van der Waals surface area contributed by atoms with Gasteiger partial charge in [-0.2, -0.15) is 0 Å². The molecule has 0 saturated carbocycles. The number of hydrogen-bond donors (Lipinski definition) is 0. The molecular weight excluding hydrogens is 462 g/mol. The van der Waals surface area contributed by atoms with Crippen molar-refractivity contribution in [3.8, 4) is 0 Å². The highest BCUT2D eigenvalue weighted by molar-refractivity contribution is 6.30. The van der Waals surface area contributed by atoms with Gasteiger partial charge in [0.25, 0.3) is 11.8 Å². The van der Waals surface area contributed by atoms with Crippen molar-refractivity contribution >= 4 is 40.1 Å². The van der Waals surface area contributed by atoms with Gasteiger partial charge in [-0.25, -0.2) is 0 Å². The lowest BCUT2D eigenvalue weighted by molar-refractivity contribution is -0.138. The molecule has 7 heteroatoms. The van der Waals surface area contributed by atoms with Gasteiger partial charge in [0, 0.05) is 61.3 Å². The molecule has 3 amide bonds. The minimum absolute atomic E-state index is 0.0166. The van der Waals surface area contributed by atoms with E-state index in [1.54, 1.807) is 24.3 Å². The summed E-state index contributed by atoms with van der Waals surface area (Å²) in [4.78, 5) is 44.6. The first-order valence-corrected chi connectivity index (χ1v) is 12.5. The monoisotopic (exact) mass is 489 g/mol. The van der Waals surface area contributed by atoms with E-state index in [4.69, 9.17) is 11.6 Å². The molecule has 2 heterocycles. The Kier molecular flexibility index (Phi) is 6.73. The molecule has 3 aromatic carbocycles. The Bertz CT molecular complexity index is 1240. The van der Waals surface area contributed by atoms with Crippen LogP contribution in [0, 0.1) is 5.92 Å². The number of benzene rings is 3. The minimum atomic E-state index is -0.0791. The van der Waals surface area contributed by atoms with Crippen LogP contribution in [0.15, 0.2) is 66.7 Å². The molecule has 2 aliphatic rings. The third kappa shape index (κ3) is 4.89. The van der Waals surface area contributed by atoms with Gasteiger partial charge in [-0.1, -0.05) is 48.0 Å². The average molecular weight is 490 g/mol. The number of nitrogens with zero attached hydrogens (tertiary/aromatic N) is 3. The quantitative estimate of drug-likeness (QED) is 0.550. The first-order chi connectivity index (χ1) is 17.0. The molecule has 0 aromatic heterocycles. The summed E-state index contributed by atoms with van der Waals surface area (Å²) in [5.41, 5.74) is 1.33. The van der Waals surface area contributed by atoms with Gasteiger partial charge in [0.15, 0.2) is 0 Å². The molecule has 0 radical (unpaired) electrons. The second-order valence-electron chi connectivity index (χ2n) is 9.22. The van der Waals surface area contributed by atoms with Crippen LogP contribution in [0.1, 0.15) is 33.6 Å². The van der Waals surface area contributed by atoms with Crippen LogP contribution < -0.4 is 0 Å². The molecular formula is C28H28ClN3O3. The second kappa shape index (κ2) is 10.1. The van der Waals surface area contributed by atoms with Crippen molar-refractivity contribution < 1.29 is 14.4 Å². The van der Waals surface area contributed by atoms with Crippen molar-refractivity contribution in [2.45, 2.75) is 12.8 Å². The lowest BCUT2D eigenvalue weighted by Gasteiger charge is -2.38. The summed E-state index contributed by atoms with van der Waals surface area (Å²) in [5.74, 6) is 0.0569. The molecule has 180 valence electrons. The highest BCUT2D eigenvalue weighted by atomic mass is 35.5. The summed E-state index contributed by atoms with van der Waals surface area (Å²) in [7, 11) is 0. The van der Waals surface area contributed by atoms with Crippen molar-refractivity contribution in [3.05, 3.63) is 82.9 Å². The molecule has 5 rings (SSSR count). The molecule has 35 heavy (non-hydrogen) atoms. The fourth-order valence-corrected chi connectivity index (χ4v) is 5.20. The number of amides is 3. The van der Waals surface area contributed by atoms with Crippen LogP contribution in [0.2, 0.25) is 5.02 Å². The zero-order chi connectivity index (χ0) is 24.4. The topological polar surface area (TPSA) is 60.9 Å². The van der Waals surface area contributed by atoms with E-state index in [2.05, 4.69) is 0 Å². The van der Waals surface area contributed by atoms with Crippen molar-refractivity contribution in [2.75, 3.05) is 39.3 Å². The molecule has 3 aromatic rings. The van der Waals surface area contributed by atoms with Gasteiger partial charge in [-0.3, -0.25) is 14.4 Å². The molecule has 0 atom stereocenters. The Morgan fingerprint density at radius 1 is 0.657 bits per heavy atom. The molecule has 0 N–H and O–H groups in total. The number of hydrogen-bond acceptors (Lipinski definition) is 3. The summed E-state index contributed by atoms with van der Waals surface area (Å²) in [5, 5.41) is 2.61. The second-order valence-corrected chi connectivity index (χ2v) is 9.65. The number of fused-ring (bicyclic) bond motifs is 1. The summed E-state index contributed by atoms with van der Waals surface area (Å²) < 4.78 is 0. The van der Waals surface area contributed by atoms with Gasteiger partial charge in [-0.05, 0) is 53.9 Å². The summed E-state index contributed by atoms with van der Waals surface area (Å²) in [6.45, 7) is 3.27. The lowest BCUT2D eigenvalue weighted by atomic mass is 9.94. The Morgan fingerprint density at radius 2 is 1.26 bits per heavy atom. The standard InChI is InChI=1S/C28H28ClN3O3/c29-23-10-8-21(9-11-23)26(33)30-14-12-22(13-15-30)27(34)31-16-18-32(19-17-31)28(35)25-7-3-5-20-4-1-2-6-24(20)25/h1-11,22H,12-19H2. The fraction of sp³-hybridized carbons (Fsp3) is 0.321. The molecule has 6 nitrogen and oxygen atoms in total. The maximum absolute atomic E-state index is 13.2. The van der Waals surface area contributed by atoms with Crippen LogP contribution in [0.5, 0.6) is 0 Å². The summed E-state index contributed by atoms with van der Waals surface area (Å²) in [6, 6.07) is 20.6. The van der Waals surface area contributed by atoms with Crippen LogP contribution in [0.25, 0.3) is 10.8 Å². The number of halogens is 1. The maximum Gasteiger partial charge on any atom is 0.254 e. The van der Waals surface area contributed by atoms with Crippen molar-refractivity contribution in [3.63, 3.8) is 0 Å². The lowest BCUT2D eigenvalue weighted by Crippen LogP contribution is -2.53. The predicted octanol–water partition coefficient (Wildman–Crippen LogP) is 4.33. The van der Waals surface area contributed by atoms with Crippen LogP contribution in [0.4, 0.5) is 0 Å². The van der Waals surface area contributed by atoms with E-state index >= 15 is 0 Å². The smallest absolute Gasteiger partial charge is 0.254 e. The summed E-state index contributed by atoms with van der Waals surface area (Å²) >= 11 is 5.92. The van der Waals surface area contributed by atoms with Crippen LogP contribution >= 0.6 is 11.6 Å². The summed E-state index contributed by atoms with van der Waals surface area (Å²) in [6.07, 6.45) is 1.32. The highest BCUT2D eigenvalue weighted by Gasteiger charge is 2.33. The number of piperidine rings is 1. The third-order valence-corrected chi connectivity index (χ3v) is 7.37. The van der Waals surface area contributed by atoms with Gasteiger partial charge < -0.3 is 14.7 Å². The van der Waals surface area contributed by atoms with E-state index in [0.717, 1.165) is 10.8 Å². The molecule has 0 unspecified atom stereocenters.